The van der Waals surface area contributed by atoms with Gasteiger partial charge >= 0.3 is 0 Å². The van der Waals surface area contributed by atoms with Crippen LogP contribution >= 0.6 is 0 Å². The molecule has 1 aliphatic rings. The molecule has 1 aliphatic heterocycles. The van der Waals surface area contributed by atoms with Gasteiger partial charge in [-0.2, -0.15) is 5.10 Å². The molecule has 0 spiro atoms. The average molecular weight is 237 g/mol. The van der Waals surface area contributed by atoms with Gasteiger partial charge in [-0.3, -0.25) is 4.68 Å². The van der Waals surface area contributed by atoms with Gasteiger partial charge in [0.2, 0.25) is 0 Å². The van der Waals surface area contributed by atoms with Gasteiger partial charge in [-0.25, -0.2) is 0 Å². The molecule has 2 heterocycles. The fourth-order valence-corrected chi connectivity index (χ4v) is 2.61. The van der Waals surface area contributed by atoms with Crippen LogP contribution in [0.3, 0.4) is 0 Å². The van der Waals surface area contributed by atoms with Gasteiger partial charge in [0.1, 0.15) is 0 Å². The number of rotatable bonds is 4. The van der Waals surface area contributed by atoms with Crippen molar-refractivity contribution in [1.29, 1.82) is 0 Å². The zero-order chi connectivity index (χ0) is 12.4. The normalized spacial score (nSPS) is 21.6. The number of aromatic nitrogens is 2. The maximum absolute atomic E-state index is 9.14. The van der Waals surface area contributed by atoms with Crippen LogP contribution in [-0.2, 0) is 20.1 Å². The number of hydrogen-bond acceptors (Lipinski definition) is 3. The third-order valence-electron chi connectivity index (χ3n) is 3.73. The van der Waals surface area contributed by atoms with Crippen molar-refractivity contribution in [2.24, 2.45) is 13.0 Å². The molecule has 0 radical (unpaired) electrons. The van der Waals surface area contributed by atoms with E-state index in [0.29, 0.717) is 6.04 Å². The summed E-state index contributed by atoms with van der Waals surface area (Å²) in [7, 11) is 1.89. The summed E-state index contributed by atoms with van der Waals surface area (Å²) in [6.07, 6.45) is 2.31. The Morgan fingerprint density at radius 1 is 1.53 bits per heavy atom. The van der Waals surface area contributed by atoms with Crippen molar-refractivity contribution in [3.05, 3.63) is 17.5 Å². The summed E-state index contributed by atoms with van der Waals surface area (Å²) in [4.78, 5) is 2.53. The van der Waals surface area contributed by atoms with Gasteiger partial charge in [0.15, 0.2) is 0 Å². The molecule has 1 aromatic heterocycles. The zero-order valence-corrected chi connectivity index (χ0v) is 11.1. The van der Waals surface area contributed by atoms with Gasteiger partial charge in [0.25, 0.3) is 0 Å². The molecule has 0 bridgehead atoms. The topological polar surface area (TPSA) is 41.3 Å². The fourth-order valence-electron chi connectivity index (χ4n) is 2.61. The van der Waals surface area contributed by atoms with E-state index >= 15 is 0 Å². The van der Waals surface area contributed by atoms with E-state index in [4.69, 9.17) is 5.11 Å². The smallest absolute Gasteiger partial charge is 0.0849 e. The molecule has 0 aliphatic carbocycles. The molecule has 0 amide bonds. The van der Waals surface area contributed by atoms with Crippen LogP contribution in [-0.4, -0.2) is 38.9 Å². The molecular formula is C13H23N3O. The summed E-state index contributed by atoms with van der Waals surface area (Å²) in [5, 5.41) is 13.6. The summed E-state index contributed by atoms with van der Waals surface area (Å²) in [5.74, 6) is 0.721. The largest absolute Gasteiger partial charge is 0.390 e. The highest BCUT2D eigenvalue weighted by molar-refractivity contribution is 5.10. The van der Waals surface area contributed by atoms with Crippen LogP contribution in [0.4, 0.5) is 0 Å². The maximum Gasteiger partial charge on any atom is 0.0849 e. The summed E-state index contributed by atoms with van der Waals surface area (Å²) in [6.45, 7) is 6.98. The summed E-state index contributed by atoms with van der Waals surface area (Å²) < 4.78 is 1.78. The molecule has 2 rings (SSSR count). The predicted octanol–water partition coefficient (Wildman–Crippen LogP) is 1.19. The van der Waals surface area contributed by atoms with E-state index in [9.17, 15) is 0 Å². The highest BCUT2D eigenvalue weighted by atomic mass is 16.3. The van der Waals surface area contributed by atoms with Gasteiger partial charge in [-0.05, 0) is 45.2 Å². The quantitative estimate of drug-likeness (QED) is 0.855. The number of likely N-dealkylation sites (tertiary alicyclic amines) is 1. The highest BCUT2D eigenvalue weighted by Gasteiger charge is 2.25. The van der Waals surface area contributed by atoms with Crippen molar-refractivity contribution in [2.75, 3.05) is 13.1 Å². The number of nitrogens with zero attached hydrogens (tertiary/aromatic N) is 3. The molecular weight excluding hydrogens is 214 g/mol. The molecule has 1 fully saturated rings. The van der Waals surface area contributed by atoms with Crippen LogP contribution in [0.5, 0.6) is 0 Å². The Bertz CT molecular complexity index is 373. The van der Waals surface area contributed by atoms with Crippen molar-refractivity contribution in [3.8, 4) is 0 Å². The molecule has 1 unspecified atom stereocenters. The highest BCUT2D eigenvalue weighted by Crippen LogP contribution is 2.22. The van der Waals surface area contributed by atoms with Crippen LogP contribution in [0, 0.1) is 5.92 Å². The molecule has 0 aromatic carbocycles. The van der Waals surface area contributed by atoms with E-state index in [1.807, 2.05) is 13.1 Å². The summed E-state index contributed by atoms with van der Waals surface area (Å²) in [5.41, 5.74) is 2.02. The molecule has 1 saturated heterocycles. The fraction of sp³-hybridized carbons (Fsp3) is 0.769. The Morgan fingerprint density at radius 3 is 2.82 bits per heavy atom. The maximum atomic E-state index is 9.14. The Kier molecular flexibility index (Phi) is 3.84. The van der Waals surface area contributed by atoms with E-state index in [1.54, 1.807) is 4.68 Å². The molecule has 1 atom stereocenters. The summed E-state index contributed by atoms with van der Waals surface area (Å²) >= 11 is 0. The minimum absolute atomic E-state index is 0.0757. The monoisotopic (exact) mass is 237 g/mol. The first kappa shape index (κ1) is 12.6. The van der Waals surface area contributed by atoms with E-state index in [2.05, 4.69) is 23.8 Å². The van der Waals surface area contributed by atoms with Crippen molar-refractivity contribution >= 4 is 0 Å². The SMILES string of the molecule is CC(C)N1CCC(Cc2cc(CO)n(C)n2)C1. The Labute approximate surface area is 103 Å². The van der Waals surface area contributed by atoms with Crippen molar-refractivity contribution in [1.82, 2.24) is 14.7 Å². The Hall–Kier alpha value is -0.870. The number of hydrogen-bond donors (Lipinski definition) is 1. The summed E-state index contributed by atoms with van der Waals surface area (Å²) in [6, 6.07) is 2.68. The van der Waals surface area contributed by atoms with E-state index in [1.165, 1.54) is 19.5 Å². The van der Waals surface area contributed by atoms with Gasteiger partial charge in [0.05, 0.1) is 18.0 Å². The van der Waals surface area contributed by atoms with Crippen LogP contribution in [0.15, 0.2) is 6.07 Å². The van der Waals surface area contributed by atoms with Gasteiger partial charge in [0, 0.05) is 19.6 Å². The van der Waals surface area contributed by atoms with Crippen molar-refractivity contribution in [3.63, 3.8) is 0 Å². The van der Waals surface area contributed by atoms with E-state index in [0.717, 1.165) is 23.7 Å². The van der Waals surface area contributed by atoms with Crippen LogP contribution in [0.1, 0.15) is 31.7 Å². The standard InChI is InChI=1S/C13H23N3O/c1-10(2)16-5-4-11(8-16)6-12-7-13(9-17)15(3)14-12/h7,10-11,17H,4-6,8-9H2,1-3H3. The minimum Gasteiger partial charge on any atom is -0.390 e. The Balaban J connectivity index is 1.93. The first-order chi connectivity index (χ1) is 8.10. The third kappa shape index (κ3) is 2.87. The first-order valence-electron chi connectivity index (χ1n) is 6.47. The molecule has 17 heavy (non-hydrogen) atoms. The lowest BCUT2D eigenvalue weighted by molar-refractivity contribution is 0.264. The van der Waals surface area contributed by atoms with Crippen LogP contribution in [0.2, 0.25) is 0 Å². The lowest BCUT2D eigenvalue weighted by Crippen LogP contribution is -2.28. The van der Waals surface area contributed by atoms with E-state index in [-0.39, 0.29) is 6.61 Å². The lowest BCUT2D eigenvalue weighted by Gasteiger charge is -2.19. The zero-order valence-electron chi connectivity index (χ0n) is 11.1. The lowest BCUT2D eigenvalue weighted by atomic mass is 10.0. The molecule has 4 nitrogen and oxygen atoms in total. The predicted molar refractivity (Wildman–Crippen MR) is 67.7 cm³/mol. The molecule has 4 heteroatoms. The third-order valence-corrected chi connectivity index (χ3v) is 3.73. The number of aryl methyl sites for hydroxylation is 1. The van der Waals surface area contributed by atoms with Gasteiger partial charge in [-0.15, -0.1) is 0 Å². The van der Waals surface area contributed by atoms with Crippen molar-refractivity contribution in [2.45, 2.75) is 39.3 Å². The van der Waals surface area contributed by atoms with Crippen LogP contribution < -0.4 is 0 Å². The van der Waals surface area contributed by atoms with Crippen molar-refractivity contribution < 1.29 is 5.11 Å². The van der Waals surface area contributed by atoms with Crippen LogP contribution in [0.25, 0.3) is 0 Å². The molecule has 0 saturated carbocycles. The number of aliphatic hydroxyl groups excluding tert-OH is 1. The van der Waals surface area contributed by atoms with Gasteiger partial charge in [-0.1, -0.05) is 0 Å². The molecule has 1 aromatic rings. The Morgan fingerprint density at radius 2 is 2.29 bits per heavy atom. The van der Waals surface area contributed by atoms with E-state index < -0.39 is 0 Å². The second-order valence-electron chi connectivity index (χ2n) is 5.36. The molecule has 1 N–H and O–H groups in total. The second kappa shape index (κ2) is 5.19. The second-order valence-corrected chi connectivity index (χ2v) is 5.36. The van der Waals surface area contributed by atoms with Gasteiger partial charge < -0.3 is 10.0 Å². The minimum atomic E-state index is 0.0757. The number of aliphatic hydroxyl groups is 1. The molecule has 96 valence electrons. The average Bonchev–Trinajstić information content (AvgIpc) is 2.86. The first-order valence-corrected chi connectivity index (χ1v) is 6.47.